The third-order valence-electron chi connectivity index (χ3n) is 10.2. The standard InChI is InChI=1S/C46H47N5O7/c52-41-19-17-38(39-18-20-43(54)50-45(39)41)42(53)29-47-28-32-7-6-10-36(27-32)57-30-44(55)48-34-15-13-31(14-16-34)21-24-51-25-22-35(23-26-51)58-46(56)49-40-12-5-4-11-37(40)33-8-2-1-3-9-33/h1-20,27,35,42,47,52-53H,21-26,28-30H2,(H,48,55)(H,49,56)(H,50,54)/t42-/m1/s1. The van der Waals surface area contributed by atoms with Crippen molar-refractivity contribution < 1.29 is 29.3 Å². The zero-order valence-electron chi connectivity index (χ0n) is 32.0. The first-order chi connectivity index (χ1) is 28.3. The molecule has 2 heterocycles. The van der Waals surface area contributed by atoms with E-state index in [0.29, 0.717) is 28.9 Å². The minimum Gasteiger partial charge on any atom is -0.506 e. The maximum absolute atomic E-state index is 12.8. The maximum Gasteiger partial charge on any atom is 0.411 e. The minimum absolute atomic E-state index is 0.0609. The van der Waals surface area contributed by atoms with Crippen molar-refractivity contribution in [3.8, 4) is 22.6 Å². The molecule has 12 nitrogen and oxygen atoms in total. The van der Waals surface area contributed by atoms with Crippen LogP contribution in [0.1, 0.15) is 35.6 Å². The molecule has 6 N–H and O–H groups in total. The van der Waals surface area contributed by atoms with Gasteiger partial charge in [0, 0.05) is 55.4 Å². The second-order valence-corrected chi connectivity index (χ2v) is 14.3. The van der Waals surface area contributed by atoms with Crippen LogP contribution in [0.4, 0.5) is 16.2 Å². The number of phenols is 1. The summed E-state index contributed by atoms with van der Waals surface area (Å²) in [5.74, 6) is 0.206. The first-order valence-electron chi connectivity index (χ1n) is 19.5. The first-order valence-corrected chi connectivity index (χ1v) is 19.5. The number of aliphatic hydroxyl groups excluding tert-OH is 1. The molecule has 7 rings (SSSR count). The van der Waals surface area contributed by atoms with Crippen molar-refractivity contribution in [1.29, 1.82) is 0 Å². The summed E-state index contributed by atoms with van der Waals surface area (Å²) in [7, 11) is 0. The Morgan fingerprint density at radius 2 is 1.60 bits per heavy atom. The lowest BCUT2D eigenvalue weighted by molar-refractivity contribution is -0.118. The van der Waals surface area contributed by atoms with Crippen molar-refractivity contribution >= 4 is 34.3 Å². The number of phenolic OH excluding ortho intramolecular Hbond substituents is 1. The summed E-state index contributed by atoms with van der Waals surface area (Å²) in [5.41, 5.74) is 5.98. The number of aromatic nitrogens is 1. The molecule has 5 aromatic carbocycles. The average molecular weight is 782 g/mol. The first kappa shape index (κ1) is 39.8. The quantitative estimate of drug-likeness (QED) is 0.0644. The van der Waals surface area contributed by atoms with E-state index in [0.717, 1.165) is 66.8 Å². The highest BCUT2D eigenvalue weighted by Crippen LogP contribution is 2.30. The highest BCUT2D eigenvalue weighted by molar-refractivity contribution is 5.92. The van der Waals surface area contributed by atoms with Gasteiger partial charge < -0.3 is 40.2 Å². The number of para-hydroxylation sites is 1. The van der Waals surface area contributed by atoms with Gasteiger partial charge in [-0.2, -0.15) is 0 Å². The number of hydrogen-bond acceptors (Lipinski definition) is 9. The Morgan fingerprint density at radius 1 is 0.828 bits per heavy atom. The highest BCUT2D eigenvalue weighted by atomic mass is 16.6. The molecular weight excluding hydrogens is 735 g/mol. The predicted octanol–water partition coefficient (Wildman–Crippen LogP) is 7.00. The number of piperidine rings is 1. The van der Waals surface area contributed by atoms with Crippen LogP contribution in [0.3, 0.4) is 0 Å². The second kappa shape index (κ2) is 19.1. The van der Waals surface area contributed by atoms with Crippen molar-refractivity contribution in [3.05, 3.63) is 154 Å². The Labute approximate surface area is 336 Å². The van der Waals surface area contributed by atoms with Gasteiger partial charge in [0.25, 0.3) is 5.91 Å². The summed E-state index contributed by atoms with van der Waals surface area (Å²) in [5, 5.41) is 30.6. The van der Waals surface area contributed by atoms with Gasteiger partial charge in [0.2, 0.25) is 5.56 Å². The lowest BCUT2D eigenvalue weighted by atomic mass is 10.0. The van der Waals surface area contributed by atoms with Crippen LogP contribution < -0.4 is 26.2 Å². The van der Waals surface area contributed by atoms with Gasteiger partial charge in [0.05, 0.1) is 17.3 Å². The third-order valence-corrected chi connectivity index (χ3v) is 10.2. The van der Waals surface area contributed by atoms with Gasteiger partial charge in [-0.1, -0.05) is 78.9 Å². The number of aromatic amines is 1. The monoisotopic (exact) mass is 781 g/mol. The molecule has 1 aliphatic heterocycles. The number of rotatable bonds is 15. The number of carbonyl (C=O) groups excluding carboxylic acids is 2. The van der Waals surface area contributed by atoms with Crippen molar-refractivity contribution in [2.24, 2.45) is 0 Å². The van der Waals surface area contributed by atoms with Gasteiger partial charge in [0.1, 0.15) is 17.6 Å². The number of fused-ring (bicyclic) bond motifs is 1. The summed E-state index contributed by atoms with van der Waals surface area (Å²) in [6.07, 6.45) is 0.966. The van der Waals surface area contributed by atoms with Crippen LogP contribution in [0.2, 0.25) is 0 Å². The number of ether oxygens (including phenoxy) is 2. The van der Waals surface area contributed by atoms with E-state index >= 15 is 0 Å². The molecule has 1 atom stereocenters. The van der Waals surface area contributed by atoms with Crippen molar-refractivity contribution in [1.82, 2.24) is 15.2 Å². The maximum atomic E-state index is 12.8. The fraction of sp³-hybridized carbons (Fsp3) is 0.239. The number of benzene rings is 5. The van der Waals surface area contributed by atoms with Gasteiger partial charge in [0.15, 0.2) is 6.61 Å². The van der Waals surface area contributed by atoms with E-state index in [2.05, 4.69) is 25.8 Å². The van der Waals surface area contributed by atoms with Crippen LogP contribution >= 0.6 is 0 Å². The van der Waals surface area contributed by atoms with E-state index in [1.165, 1.54) is 12.1 Å². The van der Waals surface area contributed by atoms with Crippen molar-refractivity contribution in [2.75, 3.05) is 43.4 Å². The zero-order valence-corrected chi connectivity index (χ0v) is 32.0. The molecule has 0 spiro atoms. The third kappa shape index (κ3) is 10.7. The lowest BCUT2D eigenvalue weighted by Crippen LogP contribution is -2.39. The van der Waals surface area contributed by atoms with Gasteiger partial charge in [-0.15, -0.1) is 0 Å². The number of amides is 2. The highest BCUT2D eigenvalue weighted by Gasteiger charge is 2.23. The second-order valence-electron chi connectivity index (χ2n) is 14.3. The molecule has 58 heavy (non-hydrogen) atoms. The topological polar surface area (TPSA) is 165 Å². The van der Waals surface area contributed by atoms with Crippen LogP contribution in [0.5, 0.6) is 11.5 Å². The Hall–Kier alpha value is -6.47. The van der Waals surface area contributed by atoms with Gasteiger partial charge in [-0.3, -0.25) is 14.9 Å². The van der Waals surface area contributed by atoms with E-state index in [4.69, 9.17) is 9.47 Å². The van der Waals surface area contributed by atoms with Gasteiger partial charge in [-0.25, -0.2) is 4.79 Å². The number of carbonyl (C=O) groups is 2. The number of aliphatic hydroxyl groups is 1. The fourth-order valence-electron chi connectivity index (χ4n) is 7.15. The molecule has 0 aliphatic carbocycles. The van der Waals surface area contributed by atoms with Crippen LogP contribution in [0.25, 0.3) is 22.0 Å². The summed E-state index contributed by atoms with van der Waals surface area (Å²) in [6, 6.07) is 38.9. The Morgan fingerprint density at radius 3 is 2.41 bits per heavy atom. The molecule has 0 unspecified atom stereocenters. The number of likely N-dealkylation sites (tertiary alicyclic amines) is 1. The van der Waals surface area contributed by atoms with E-state index in [1.807, 2.05) is 97.1 Å². The molecule has 2 amide bonds. The van der Waals surface area contributed by atoms with Crippen LogP contribution in [-0.2, 0) is 22.5 Å². The van der Waals surface area contributed by atoms with Crippen LogP contribution in [0.15, 0.2) is 132 Å². The summed E-state index contributed by atoms with van der Waals surface area (Å²) in [6.45, 7) is 3.09. The smallest absolute Gasteiger partial charge is 0.411 e. The normalized spacial score (nSPS) is 13.8. The number of H-pyrrole nitrogens is 1. The lowest BCUT2D eigenvalue weighted by Gasteiger charge is -2.31. The molecule has 1 aromatic heterocycles. The van der Waals surface area contributed by atoms with E-state index in [9.17, 15) is 24.6 Å². The molecule has 298 valence electrons. The summed E-state index contributed by atoms with van der Waals surface area (Å²) < 4.78 is 11.6. The number of nitrogens with zero attached hydrogens (tertiary/aromatic N) is 1. The van der Waals surface area contributed by atoms with E-state index in [1.54, 1.807) is 18.2 Å². The number of aromatic hydroxyl groups is 1. The van der Waals surface area contributed by atoms with Crippen molar-refractivity contribution in [2.45, 2.75) is 38.0 Å². The van der Waals surface area contributed by atoms with Crippen LogP contribution in [0, 0.1) is 0 Å². The Bertz CT molecular complexity index is 2380. The Balaban J connectivity index is 0.791. The SMILES string of the molecule is O=C(COc1cccc(CNC[C@@H](O)c2ccc(O)c3[nH]c(=O)ccc23)c1)Nc1ccc(CCN2CCC(OC(=O)Nc3ccccc3-c3ccccc3)CC2)cc1. The molecule has 6 aromatic rings. The van der Waals surface area contributed by atoms with Crippen LogP contribution in [-0.4, -0.2) is 71.0 Å². The zero-order chi connectivity index (χ0) is 40.3. The number of nitrogens with one attached hydrogen (secondary N) is 4. The van der Waals surface area contributed by atoms with Crippen molar-refractivity contribution in [3.63, 3.8) is 0 Å². The Kier molecular flexibility index (Phi) is 13.1. The molecule has 1 fully saturated rings. The molecule has 1 aliphatic rings. The minimum atomic E-state index is -0.881. The molecule has 0 radical (unpaired) electrons. The van der Waals surface area contributed by atoms with E-state index in [-0.39, 0.29) is 42.0 Å². The summed E-state index contributed by atoms with van der Waals surface area (Å²) in [4.78, 5) is 42.2. The predicted molar refractivity (Wildman–Crippen MR) is 225 cm³/mol. The largest absolute Gasteiger partial charge is 0.506 e. The molecule has 0 saturated carbocycles. The molecule has 1 saturated heterocycles. The number of hydrogen-bond donors (Lipinski definition) is 6. The van der Waals surface area contributed by atoms with E-state index < -0.39 is 12.2 Å². The number of pyridine rings is 1. The average Bonchev–Trinajstić information content (AvgIpc) is 3.24. The fourth-order valence-corrected chi connectivity index (χ4v) is 7.15. The van der Waals surface area contributed by atoms with Gasteiger partial charge in [-0.05, 0) is 84.0 Å². The number of anilines is 2. The molecular formula is C46H47N5O7. The summed E-state index contributed by atoms with van der Waals surface area (Å²) >= 11 is 0. The molecule has 12 heteroatoms. The van der Waals surface area contributed by atoms with Gasteiger partial charge >= 0.3 is 6.09 Å². The molecule has 0 bridgehead atoms.